The predicted molar refractivity (Wildman–Crippen MR) is 121 cm³/mol. The van der Waals surface area contributed by atoms with Gasteiger partial charge >= 0.3 is 0 Å². The zero-order chi connectivity index (χ0) is 23.1. The normalized spacial score (nSPS) is 10.6. The zero-order valence-corrected chi connectivity index (χ0v) is 18.4. The fraction of sp³-hybridized carbons (Fsp3) is 0.292. The molecule has 1 heterocycles. The lowest BCUT2D eigenvalue weighted by atomic mass is 10.2. The molecule has 0 radical (unpaired) electrons. The molecule has 0 bridgehead atoms. The summed E-state index contributed by atoms with van der Waals surface area (Å²) in [5.74, 6) is -0.464. The number of nitrogens with one attached hydrogen (secondary N) is 2. The van der Waals surface area contributed by atoms with Gasteiger partial charge in [-0.25, -0.2) is 9.07 Å². The Balaban J connectivity index is 1.49. The van der Waals surface area contributed by atoms with Gasteiger partial charge in [0.15, 0.2) is 5.82 Å². The molecule has 0 aliphatic carbocycles. The minimum Gasteiger partial charge on any atom is -0.493 e. The molecule has 2 aromatic carbocycles. The topological polar surface area (TPSA) is 85.2 Å². The summed E-state index contributed by atoms with van der Waals surface area (Å²) in [6.07, 6.45) is 0.634. The number of halogens is 1. The number of ether oxygens (including phenoxy) is 1. The van der Waals surface area contributed by atoms with Crippen LogP contribution in [0.5, 0.6) is 5.75 Å². The third-order valence-corrected chi connectivity index (χ3v) is 4.77. The Hall–Kier alpha value is -3.68. The molecule has 0 saturated heterocycles. The molecule has 0 saturated carbocycles. The van der Waals surface area contributed by atoms with Crippen LogP contribution in [-0.2, 0) is 4.79 Å². The second-order valence-corrected chi connectivity index (χ2v) is 7.34. The highest BCUT2D eigenvalue weighted by molar-refractivity contribution is 5.97. The van der Waals surface area contributed by atoms with Crippen LogP contribution >= 0.6 is 0 Å². The first-order valence-corrected chi connectivity index (χ1v) is 10.5. The van der Waals surface area contributed by atoms with Crippen molar-refractivity contribution in [3.05, 3.63) is 71.3 Å². The average molecular weight is 439 g/mol. The lowest BCUT2D eigenvalue weighted by Gasteiger charge is -2.11. The van der Waals surface area contributed by atoms with Crippen molar-refractivity contribution in [2.75, 3.05) is 18.5 Å². The first-order valence-electron chi connectivity index (χ1n) is 10.5. The van der Waals surface area contributed by atoms with Crippen LogP contribution in [-0.4, -0.2) is 34.7 Å². The van der Waals surface area contributed by atoms with Crippen LogP contribution in [0.15, 0.2) is 48.5 Å². The van der Waals surface area contributed by atoms with Gasteiger partial charge in [0, 0.05) is 24.3 Å². The van der Waals surface area contributed by atoms with Crippen molar-refractivity contribution in [1.82, 2.24) is 15.1 Å². The zero-order valence-electron chi connectivity index (χ0n) is 18.4. The third kappa shape index (κ3) is 5.72. The Bertz CT molecular complexity index is 1110. The number of carbonyl (C=O) groups is 2. The first kappa shape index (κ1) is 23.0. The quantitative estimate of drug-likeness (QED) is 0.491. The number of amides is 2. The van der Waals surface area contributed by atoms with Crippen molar-refractivity contribution in [3.63, 3.8) is 0 Å². The number of aromatic nitrogens is 2. The van der Waals surface area contributed by atoms with Crippen LogP contribution < -0.4 is 15.4 Å². The van der Waals surface area contributed by atoms with Crippen LogP contribution in [0.3, 0.4) is 0 Å². The minimum absolute atomic E-state index is 0.189. The van der Waals surface area contributed by atoms with Crippen LogP contribution in [0.4, 0.5) is 10.1 Å². The smallest absolute Gasteiger partial charge is 0.255 e. The van der Waals surface area contributed by atoms with Crippen molar-refractivity contribution in [2.24, 2.45) is 0 Å². The van der Waals surface area contributed by atoms with Crippen LogP contribution in [0.2, 0.25) is 0 Å². The fourth-order valence-electron chi connectivity index (χ4n) is 3.33. The van der Waals surface area contributed by atoms with Gasteiger partial charge < -0.3 is 15.4 Å². The number of nitrogens with zero attached hydrogens (tertiary/aromatic N) is 2. The average Bonchev–Trinajstić information content (AvgIpc) is 3.09. The number of hydrogen-bond donors (Lipinski definition) is 2. The largest absolute Gasteiger partial charge is 0.493 e. The van der Waals surface area contributed by atoms with Crippen molar-refractivity contribution in [2.45, 2.75) is 33.6 Å². The van der Waals surface area contributed by atoms with E-state index in [2.05, 4.69) is 15.7 Å². The number of aryl methyl sites for hydroxylation is 2. The highest BCUT2D eigenvalue weighted by atomic mass is 19.1. The maximum absolute atomic E-state index is 14.5. The second kappa shape index (κ2) is 10.6. The summed E-state index contributed by atoms with van der Waals surface area (Å²) in [4.78, 5) is 24.6. The van der Waals surface area contributed by atoms with Crippen molar-refractivity contribution < 1.29 is 18.7 Å². The molecule has 3 aromatic rings. The molecule has 0 aliphatic rings. The van der Waals surface area contributed by atoms with Gasteiger partial charge in [-0.1, -0.05) is 12.1 Å². The molecule has 0 aliphatic heterocycles. The number of carbonyl (C=O) groups excluding carboxylic acids is 2. The summed E-state index contributed by atoms with van der Waals surface area (Å²) < 4.78 is 21.5. The lowest BCUT2D eigenvalue weighted by Crippen LogP contribution is -2.26. The van der Waals surface area contributed by atoms with Crippen LogP contribution in [0.25, 0.3) is 5.69 Å². The molecule has 7 nitrogen and oxygen atoms in total. The molecule has 168 valence electrons. The minimum atomic E-state index is -0.478. The number of para-hydroxylation sites is 1. The maximum atomic E-state index is 14.5. The van der Waals surface area contributed by atoms with E-state index in [-0.39, 0.29) is 18.2 Å². The van der Waals surface area contributed by atoms with Crippen molar-refractivity contribution in [3.8, 4) is 11.4 Å². The molecule has 0 spiro atoms. The number of rotatable bonds is 9. The van der Waals surface area contributed by atoms with E-state index in [9.17, 15) is 14.0 Å². The Morgan fingerprint density at radius 1 is 1.12 bits per heavy atom. The molecule has 0 fully saturated rings. The van der Waals surface area contributed by atoms with E-state index >= 15 is 0 Å². The Morgan fingerprint density at radius 2 is 1.91 bits per heavy atom. The van der Waals surface area contributed by atoms with E-state index in [1.807, 2.05) is 26.8 Å². The standard InChI is InChI=1S/C24H27FN4O3/c1-4-32-22-9-6-5-8-19(22)24(31)26-13-7-10-23(30)27-18-11-12-21(20(25)15-18)29-17(3)14-16(2)28-29/h5-6,8-9,11-12,14-15H,4,7,10,13H2,1-3H3,(H,26,31)(H,27,30). The first-order chi connectivity index (χ1) is 15.4. The van der Waals surface area contributed by atoms with Gasteiger partial charge in [-0.05, 0) is 63.6 Å². The van der Waals surface area contributed by atoms with E-state index < -0.39 is 5.82 Å². The molecular weight excluding hydrogens is 411 g/mol. The van der Waals surface area contributed by atoms with E-state index in [0.29, 0.717) is 42.3 Å². The van der Waals surface area contributed by atoms with Gasteiger partial charge in [0.2, 0.25) is 5.91 Å². The van der Waals surface area contributed by atoms with Gasteiger partial charge in [-0.2, -0.15) is 5.10 Å². The van der Waals surface area contributed by atoms with Crippen molar-refractivity contribution in [1.29, 1.82) is 0 Å². The maximum Gasteiger partial charge on any atom is 0.255 e. The molecule has 1 aromatic heterocycles. The Labute approximate surface area is 186 Å². The number of anilines is 1. The van der Waals surface area contributed by atoms with Gasteiger partial charge in [-0.3, -0.25) is 9.59 Å². The summed E-state index contributed by atoms with van der Waals surface area (Å²) >= 11 is 0. The Kier molecular flexibility index (Phi) is 7.59. The molecule has 8 heteroatoms. The van der Waals surface area contributed by atoms with E-state index in [1.54, 1.807) is 36.4 Å². The SMILES string of the molecule is CCOc1ccccc1C(=O)NCCCC(=O)Nc1ccc(-n2nc(C)cc2C)c(F)c1. The molecular formula is C24H27FN4O3. The molecule has 2 amide bonds. The highest BCUT2D eigenvalue weighted by Crippen LogP contribution is 2.20. The summed E-state index contributed by atoms with van der Waals surface area (Å²) in [5, 5.41) is 9.76. The summed E-state index contributed by atoms with van der Waals surface area (Å²) in [6.45, 7) is 6.34. The molecule has 3 rings (SSSR count). The summed E-state index contributed by atoms with van der Waals surface area (Å²) in [6, 6.07) is 13.4. The van der Waals surface area contributed by atoms with E-state index in [1.165, 1.54) is 10.7 Å². The predicted octanol–water partition coefficient (Wildman–Crippen LogP) is 4.18. The summed E-state index contributed by atoms with van der Waals surface area (Å²) in [5.41, 5.74) is 2.77. The third-order valence-electron chi connectivity index (χ3n) is 4.77. The van der Waals surface area contributed by atoms with Crippen LogP contribution in [0.1, 0.15) is 41.5 Å². The molecule has 0 atom stereocenters. The van der Waals surface area contributed by atoms with Crippen molar-refractivity contribution >= 4 is 17.5 Å². The Morgan fingerprint density at radius 3 is 2.59 bits per heavy atom. The number of benzene rings is 2. The van der Waals surface area contributed by atoms with Gasteiger partial charge in [-0.15, -0.1) is 0 Å². The second-order valence-electron chi connectivity index (χ2n) is 7.34. The van der Waals surface area contributed by atoms with Gasteiger partial charge in [0.05, 0.1) is 17.9 Å². The lowest BCUT2D eigenvalue weighted by molar-refractivity contribution is -0.116. The molecule has 2 N–H and O–H groups in total. The molecule has 0 unspecified atom stereocenters. The number of hydrogen-bond acceptors (Lipinski definition) is 4. The van der Waals surface area contributed by atoms with E-state index in [4.69, 9.17) is 4.74 Å². The highest BCUT2D eigenvalue weighted by Gasteiger charge is 2.13. The van der Waals surface area contributed by atoms with Gasteiger partial charge in [0.1, 0.15) is 11.4 Å². The van der Waals surface area contributed by atoms with Gasteiger partial charge in [0.25, 0.3) is 5.91 Å². The molecule has 32 heavy (non-hydrogen) atoms. The summed E-state index contributed by atoms with van der Waals surface area (Å²) in [7, 11) is 0. The fourth-order valence-corrected chi connectivity index (χ4v) is 3.33. The van der Waals surface area contributed by atoms with Crippen LogP contribution in [0, 0.1) is 19.7 Å². The monoisotopic (exact) mass is 438 g/mol. The van der Waals surface area contributed by atoms with E-state index in [0.717, 1.165) is 11.4 Å².